The highest BCUT2D eigenvalue weighted by atomic mass is 19.4. The molecule has 0 fully saturated rings. The van der Waals surface area contributed by atoms with Crippen LogP contribution in [0.3, 0.4) is 0 Å². The van der Waals surface area contributed by atoms with Crippen molar-refractivity contribution in [3.05, 3.63) is 0 Å². The monoisotopic (exact) mass is 229 g/mol. The molecule has 0 rings (SSSR count). The fourth-order valence-electron chi connectivity index (χ4n) is 0.788. The van der Waals surface area contributed by atoms with Gasteiger partial charge in [-0.05, 0) is 13.8 Å². The maximum Gasteiger partial charge on any atom is 0.414 e. The number of halogens is 3. The van der Waals surface area contributed by atoms with E-state index in [0.29, 0.717) is 0 Å². The van der Waals surface area contributed by atoms with Gasteiger partial charge in [0.05, 0.1) is 7.11 Å². The van der Waals surface area contributed by atoms with Crippen LogP contribution in [0.1, 0.15) is 13.8 Å². The predicted octanol–water partition coefficient (Wildman–Crippen LogP) is 1.36. The molecule has 0 bridgehead atoms. The van der Waals surface area contributed by atoms with E-state index < -0.39 is 24.3 Å². The molecular formula is C8H14F3NO3. The Hall–Kier alpha value is -0.820. The first-order chi connectivity index (χ1) is 6.70. The van der Waals surface area contributed by atoms with Crippen LogP contribution in [0.25, 0.3) is 0 Å². The molecule has 1 unspecified atom stereocenters. The molecule has 0 saturated heterocycles. The fraction of sp³-hybridized carbons (Fsp3) is 0.875. The number of nitrogens with zero attached hydrogens (tertiary/aromatic N) is 1. The summed E-state index contributed by atoms with van der Waals surface area (Å²) in [4.78, 5) is 15.8. The number of alkyl halides is 3. The SMILES string of the molecule is CON(C)C(=O)C(C)O[C@@H](C)C(F)(F)F. The van der Waals surface area contributed by atoms with E-state index in [9.17, 15) is 18.0 Å². The zero-order valence-electron chi connectivity index (χ0n) is 8.96. The van der Waals surface area contributed by atoms with Crippen molar-refractivity contribution in [2.45, 2.75) is 32.2 Å². The van der Waals surface area contributed by atoms with E-state index in [2.05, 4.69) is 9.57 Å². The zero-order valence-corrected chi connectivity index (χ0v) is 8.96. The second-order valence-electron chi connectivity index (χ2n) is 2.98. The molecule has 7 heteroatoms. The van der Waals surface area contributed by atoms with Gasteiger partial charge in [-0.2, -0.15) is 13.2 Å². The Labute approximate surface area is 85.9 Å². The minimum atomic E-state index is -4.47. The van der Waals surface area contributed by atoms with Crippen LogP contribution < -0.4 is 0 Å². The van der Waals surface area contributed by atoms with Gasteiger partial charge in [0.15, 0.2) is 6.10 Å². The molecule has 0 saturated carbocycles. The molecule has 1 amide bonds. The largest absolute Gasteiger partial charge is 0.414 e. The van der Waals surface area contributed by atoms with Crippen LogP contribution in [0, 0.1) is 0 Å². The number of amides is 1. The predicted molar refractivity (Wildman–Crippen MR) is 45.8 cm³/mol. The molecule has 0 aromatic rings. The minimum absolute atomic E-state index is 0.673. The van der Waals surface area contributed by atoms with E-state index in [-0.39, 0.29) is 0 Å². The van der Waals surface area contributed by atoms with Crippen LogP contribution in [-0.2, 0) is 14.4 Å². The molecule has 90 valence electrons. The Kier molecular flexibility index (Phi) is 5.02. The highest BCUT2D eigenvalue weighted by molar-refractivity contribution is 5.79. The molecule has 0 aliphatic heterocycles. The van der Waals surface area contributed by atoms with Crippen LogP contribution in [-0.4, -0.2) is 43.5 Å². The van der Waals surface area contributed by atoms with E-state index in [0.717, 1.165) is 12.0 Å². The van der Waals surface area contributed by atoms with Crippen LogP contribution in [0.2, 0.25) is 0 Å². The molecule has 4 nitrogen and oxygen atoms in total. The molecule has 0 spiro atoms. The van der Waals surface area contributed by atoms with Crippen molar-refractivity contribution in [1.29, 1.82) is 0 Å². The lowest BCUT2D eigenvalue weighted by Crippen LogP contribution is -2.40. The fourth-order valence-corrected chi connectivity index (χ4v) is 0.788. The van der Waals surface area contributed by atoms with Crippen molar-refractivity contribution < 1.29 is 27.5 Å². The second-order valence-corrected chi connectivity index (χ2v) is 2.98. The Morgan fingerprint density at radius 1 is 1.33 bits per heavy atom. The summed E-state index contributed by atoms with van der Waals surface area (Å²) in [7, 11) is 2.53. The summed E-state index contributed by atoms with van der Waals surface area (Å²) in [5.41, 5.74) is 0. The molecule has 0 aliphatic carbocycles. The molecule has 0 aromatic carbocycles. The third-order valence-corrected chi connectivity index (χ3v) is 1.80. The number of rotatable bonds is 4. The molecule has 2 atom stereocenters. The number of carbonyl (C=O) groups is 1. The Morgan fingerprint density at radius 3 is 2.13 bits per heavy atom. The highest BCUT2D eigenvalue weighted by Crippen LogP contribution is 2.23. The number of likely N-dealkylation sites (N-methyl/N-ethyl adjacent to an activating group) is 1. The lowest BCUT2D eigenvalue weighted by atomic mass is 10.3. The molecule has 0 aliphatic rings. The molecule has 0 heterocycles. The number of carbonyl (C=O) groups excluding carboxylic acids is 1. The maximum absolute atomic E-state index is 12.1. The van der Waals surface area contributed by atoms with E-state index in [1.165, 1.54) is 21.1 Å². The van der Waals surface area contributed by atoms with Crippen molar-refractivity contribution >= 4 is 5.91 Å². The van der Waals surface area contributed by atoms with E-state index in [1.54, 1.807) is 0 Å². The third-order valence-electron chi connectivity index (χ3n) is 1.80. The first kappa shape index (κ1) is 14.2. The average Bonchev–Trinajstić information content (AvgIpc) is 2.13. The standard InChI is InChI=1S/C8H14F3NO3/c1-5(7(13)12(3)14-4)15-6(2)8(9,10)11/h5-6H,1-4H3/t5?,6-/m0/s1. The number of ether oxygens (including phenoxy) is 1. The highest BCUT2D eigenvalue weighted by Gasteiger charge is 2.39. The van der Waals surface area contributed by atoms with Gasteiger partial charge in [0.25, 0.3) is 5.91 Å². The molecule has 15 heavy (non-hydrogen) atoms. The lowest BCUT2D eigenvalue weighted by Gasteiger charge is -2.23. The van der Waals surface area contributed by atoms with Crippen molar-refractivity contribution in [2.75, 3.05) is 14.2 Å². The first-order valence-electron chi connectivity index (χ1n) is 4.24. The molecule has 0 N–H and O–H groups in total. The van der Waals surface area contributed by atoms with Gasteiger partial charge in [-0.15, -0.1) is 0 Å². The van der Waals surface area contributed by atoms with Gasteiger partial charge in [0, 0.05) is 7.05 Å². The van der Waals surface area contributed by atoms with Crippen molar-refractivity contribution in [3.8, 4) is 0 Å². The summed E-state index contributed by atoms with van der Waals surface area (Å²) < 4.78 is 40.7. The molecule has 0 radical (unpaired) electrons. The molecule has 0 aromatic heterocycles. The van der Waals surface area contributed by atoms with Gasteiger partial charge in [0.1, 0.15) is 6.10 Å². The first-order valence-corrected chi connectivity index (χ1v) is 4.24. The van der Waals surface area contributed by atoms with Crippen LogP contribution in [0.4, 0.5) is 13.2 Å². The number of hydroxylamine groups is 2. The van der Waals surface area contributed by atoms with Gasteiger partial charge in [-0.3, -0.25) is 9.63 Å². The van der Waals surface area contributed by atoms with Gasteiger partial charge >= 0.3 is 6.18 Å². The minimum Gasteiger partial charge on any atom is -0.356 e. The smallest absolute Gasteiger partial charge is 0.356 e. The summed E-state index contributed by atoms with van der Waals surface area (Å²) in [6, 6.07) is 0. The van der Waals surface area contributed by atoms with E-state index in [4.69, 9.17) is 0 Å². The zero-order chi connectivity index (χ0) is 12.2. The van der Waals surface area contributed by atoms with E-state index >= 15 is 0 Å². The average molecular weight is 229 g/mol. The van der Waals surface area contributed by atoms with Crippen LogP contribution in [0.5, 0.6) is 0 Å². The van der Waals surface area contributed by atoms with Crippen molar-refractivity contribution in [1.82, 2.24) is 5.06 Å². The third kappa shape index (κ3) is 4.48. The quantitative estimate of drug-likeness (QED) is 0.683. The number of hydrogen-bond acceptors (Lipinski definition) is 3. The normalized spacial score (nSPS) is 15.9. The van der Waals surface area contributed by atoms with Gasteiger partial charge in [-0.25, -0.2) is 5.06 Å². The number of hydrogen-bond donors (Lipinski definition) is 0. The lowest BCUT2D eigenvalue weighted by molar-refractivity contribution is -0.231. The van der Waals surface area contributed by atoms with Crippen molar-refractivity contribution in [3.63, 3.8) is 0 Å². The molecular weight excluding hydrogens is 215 g/mol. The Bertz CT molecular complexity index is 220. The van der Waals surface area contributed by atoms with Gasteiger partial charge in [-0.1, -0.05) is 0 Å². The second kappa shape index (κ2) is 5.32. The maximum atomic E-state index is 12.1. The van der Waals surface area contributed by atoms with Gasteiger partial charge in [0.2, 0.25) is 0 Å². The Morgan fingerprint density at radius 2 is 1.80 bits per heavy atom. The Balaban J connectivity index is 4.25. The van der Waals surface area contributed by atoms with E-state index in [1.807, 2.05) is 0 Å². The summed E-state index contributed by atoms with van der Waals surface area (Å²) >= 11 is 0. The topological polar surface area (TPSA) is 38.8 Å². The summed E-state index contributed by atoms with van der Waals surface area (Å²) in [6.07, 6.45) is -7.66. The summed E-state index contributed by atoms with van der Waals surface area (Å²) in [6.45, 7) is 2.08. The van der Waals surface area contributed by atoms with Gasteiger partial charge < -0.3 is 4.74 Å². The summed E-state index contributed by atoms with van der Waals surface area (Å²) in [5.74, 6) is -0.673. The summed E-state index contributed by atoms with van der Waals surface area (Å²) in [5, 5.41) is 0.813. The van der Waals surface area contributed by atoms with Crippen LogP contribution >= 0.6 is 0 Å². The van der Waals surface area contributed by atoms with Crippen LogP contribution in [0.15, 0.2) is 0 Å². The van der Waals surface area contributed by atoms with Crippen molar-refractivity contribution in [2.24, 2.45) is 0 Å².